The summed E-state index contributed by atoms with van der Waals surface area (Å²) < 4.78 is 0. The first-order valence-corrected chi connectivity index (χ1v) is 10.9. The molecular formula is C23H29ClN2O. The lowest BCUT2D eigenvalue weighted by atomic mass is 9.54. The van der Waals surface area contributed by atoms with Gasteiger partial charge >= 0.3 is 0 Å². The molecule has 1 amide bonds. The molecule has 3 nitrogen and oxygen atoms in total. The van der Waals surface area contributed by atoms with Gasteiger partial charge in [0.15, 0.2) is 0 Å². The number of allylic oxidation sites excluding steroid dienone is 2. The van der Waals surface area contributed by atoms with Crippen LogP contribution < -0.4 is 0 Å². The summed E-state index contributed by atoms with van der Waals surface area (Å²) in [7, 11) is 0. The molecule has 3 fully saturated rings. The van der Waals surface area contributed by atoms with Crippen molar-refractivity contribution >= 4 is 23.1 Å². The number of pyridine rings is 1. The Labute approximate surface area is 167 Å². The molecule has 2 saturated heterocycles. The summed E-state index contributed by atoms with van der Waals surface area (Å²) >= 11 is 6.54. The molecule has 2 aliphatic carbocycles. The minimum atomic E-state index is 0.0777. The van der Waals surface area contributed by atoms with E-state index in [0.717, 1.165) is 36.4 Å². The van der Waals surface area contributed by atoms with Gasteiger partial charge in [0.2, 0.25) is 5.91 Å². The van der Waals surface area contributed by atoms with Gasteiger partial charge in [-0.15, -0.1) is 0 Å². The normalized spacial score (nSPS) is 40.9. The molecule has 0 radical (unpaired) electrons. The molecule has 0 bridgehead atoms. The molecule has 0 N–H and O–H groups in total. The molecule has 4 heteroatoms. The van der Waals surface area contributed by atoms with Gasteiger partial charge in [0, 0.05) is 36.5 Å². The fourth-order valence-electron chi connectivity index (χ4n) is 7.23. The molecular weight excluding hydrogens is 356 g/mol. The lowest BCUT2D eigenvalue weighted by Crippen LogP contribution is -2.53. The van der Waals surface area contributed by atoms with Crippen LogP contribution in [0.25, 0.3) is 5.57 Å². The Kier molecular flexibility index (Phi) is 3.99. The van der Waals surface area contributed by atoms with Crippen molar-refractivity contribution in [3.63, 3.8) is 0 Å². The molecule has 1 unspecified atom stereocenters. The van der Waals surface area contributed by atoms with Crippen LogP contribution in [-0.2, 0) is 4.79 Å². The van der Waals surface area contributed by atoms with Crippen molar-refractivity contribution < 1.29 is 4.79 Å². The number of rotatable bonds is 1. The third kappa shape index (κ3) is 2.40. The maximum Gasteiger partial charge on any atom is 0.223 e. The van der Waals surface area contributed by atoms with Crippen LogP contribution in [0.2, 0.25) is 5.02 Å². The number of amides is 1. The van der Waals surface area contributed by atoms with E-state index < -0.39 is 0 Å². The molecule has 1 aromatic heterocycles. The number of hydrogen-bond acceptors (Lipinski definition) is 2. The number of nitrogens with zero attached hydrogens (tertiary/aromatic N) is 2. The van der Waals surface area contributed by atoms with E-state index in [-0.39, 0.29) is 11.0 Å². The van der Waals surface area contributed by atoms with Gasteiger partial charge in [-0.3, -0.25) is 9.78 Å². The maximum absolute atomic E-state index is 12.8. The summed E-state index contributed by atoms with van der Waals surface area (Å²) in [5, 5.41) is 0.810. The monoisotopic (exact) mass is 384 g/mol. The number of aromatic nitrogens is 1. The van der Waals surface area contributed by atoms with Crippen LogP contribution in [-0.4, -0.2) is 27.9 Å². The molecule has 27 heavy (non-hydrogen) atoms. The molecule has 5 atom stereocenters. The average Bonchev–Trinajstić information content (AvgIpc) is 3.18. The predicted molar refractivity (Wildman–Crippen MR) is 108 cm³/mol. The second-order valence-electron chi connectivity index (χ2n) is 9.59. The Morgan fingerprint density at radius 2 is 2.07 bits per heavy atom. The zero-order chi connectivity index (χ0) is 18.8. The van der Waals surface area contributed by atoms with Gasteiger partial charge < -0.3 is 4.90 Å². The highest BCUT2D eigenvalue weighted by molar-refractivity contribution is 6.32. The van der Waals surface area contributed by atoms with E-state index >= 15 is 0 Å². The van der Waals surface area contributed by atoms with Crippen LogP contribution in [0.4, 0.5) is 0 Å². The highest BCUT2D eigenvalue weighted by atomic mass is 35.5. The fourth-order valence-corrected chi connectivity index (χ4v) is 7.44. The van der Waals surface area contributed by atoms with Gasteiger partial charge in [0.05, 0.1) is 5.02 Å². The fraction of sp³-hybridized carbons (Fsp3) is 0.652. The van der Waals surface area contributed by atoms with E-state index in [1.54, 1.807) is 6.20 Å². The standard InChI is InChI=1S/C23H29ClN2O/c1-22-11-8-19-15(4-7-21(27)26-13-3-10-23(19,26)2)17(22)5-6-18(22)16-14-25-12-9-20(16)24/h6,9,12,14-15,17,19H,3-5,7-8,10-11,13H2,1-2H3/t15-,17-,19?,22-,23+/m0/s1. The van der Waals surface area contributed by atoms with Crippen LogP contribution in [0, 0.1) is 23.2 Å². The number of carbonyl (C=O) groups is 1. The Hall–Kier alpha value is -1.35. The van der Waals surface area contributed by atoms with E-state index in [4.69, 9.17) is 11.6 Å². The highest BCUT2D eigenvalue weighted by Crippen LogP contribution is 2.63. The summed E-state index contributed by atoms with van der Waals surface area (Å²) in [6.07, 6.45) is 13.8. The maximum atomic E-state index is 12.8. The summed E-state index contributed by atoms with van der Waals surface area (Å²) in [4.78, 5) is 19.4. The summed E-state index contributed by atoms with van der Waals surface area (Å²) in [6.45, 7) is 5.79. The number of fused-ring (bicyclic) bond motifs is 5. The molecule has 5 rings (SSSR count). The van der Waals surface area contributed by atoms with Crippen LogP contribution in [0.3, 0.4) is 0 Å². The van der Waals surface area contributed by atoms with E-state index in [1.807, 2.05) is 12.3 Å². The van der Waals surface area contributed by atoms with E-state index in [9.17, 15) is 4.79 Å². The molecule has 2 aliphatic heterocycles. The molecule has 4 aliphatic rings. The lowest BCUT2D eigenvalue weighted by Gasteiger charge is -2.53. The largest absolute Gasteiger partial charge is 0.337 e. The third-order valence-corrected chi connectivity index (χ3v) is 8.88. The van der Waals surface area contributed by atoms with Gasteiger partial charge in [0.1, 0.15) is 0 Å². The molecule has 3 heterocycles. The summed E-state index contributed by atoms with van der Waals surface area (Å²) in [5.74, 6) is 2.28. The number of hydrogen-bond donors (Lipinski definition) is 0. The van der Waals surface area contributed by atoms with Crippen molar-refractivity contribution in [1.82, 2.24) is 9.88 Å². The quantitative estimate of drug-likeness (QED) is 0.654. The minimum absolute atomic E-state index is 0.0777. The van der Waals surface area contributed by atoms with E-state index in [0.29, 0.717) is 23.7 Å². The molecule has 144 valence electrons. The second-order valence-corrected chi connectivity index (χ2v) is 9.99. The van der Waals surface area contributed by atoms with Crippen molar-refractivity contribution in [2.45, 2.75) is 64.3 Å². The SMILES string of the molecule is C[C@]12CCC3[C@@H](CCC(=O)N4CCC[C@]34C)[C@@H]1CC=C2c1cnccc1Cl. The number of halogens is 1. The first-order valence-electron chi connectivity index (χ1n) is 10.6. The average molecular weight is 385 g/mol. The topological polar surface area (TPSA) is 33.2 Å². The van der Waals surface area contributed by atoms with Gasteiger partial charge in [0.25, 0.3) is 0 Å². The van der Waals surface area contributed by atoms with Crippen LogP contribution in [0.5, 0.6) is 0 Å². The Bertz CT molecular complexity index is 820. The van der Waals surface area contributed by atoms with Crippen molar-refractivity contribution in [1.29, 1.82) is 0 Å². The van der Waals surface area contributed by atoms with Crippen molar-refractivity contribution in [2.24, 2.45) is 23.2 Å². The Morgan fingerprint density at radius 3 is 2.89 bits per heavy atom. The third-order valence-electron chi connectivity index (χ3n) is 8.55. The molecule has 1 aromatic rings. The van der Waals surface area contributed by atoms with Crippen molar-refractivity contribution in [3.8, 4) is 0 Å². The predicted octanol–water partition coefficient (Wildman–Crippen LogP) is 5.35. The zero-order valence-electron chi connectivity index (χ0n) is 16.4. The first-order chi connectivity index (χ1) is 12.9. The molecule has 0 aromatic carbocycles. The zero-order valence-corrected chi connectivity index (χ0v) is 17.1. The van der Waals surface area contributed by atoms with Gasteiger partial charge in [-0.25, -0.2) is 0 Å². The lowest BCUT2D eigenvalue weighted by molar-refractivity contribution is -0.135. The van der Waals surface area contributed by atoms with Crippen LogP contribution in [0.1, 0.15) is 64.4 Å². The smallest absolute Gasteiger partial charge is 0.223 e. The molecule has 1 saturated carbocycles. The Balaban J connectivity index is 1.52. The van der Waals surface area contributed by atoms with Gasteiger partial charge in [-0.05, 0) is 80.3 Å². The summed E-state index contributed by atoms with van der Waals surface area (Å²) in [5.41, 5.74) is 2.74. The van der Waals surface area contributed by atoms with E-state index in [2.05, 4.69) is 29.8 Å². The van der Waals surface area contributed by atoms with Crippen molar-refractivity contribution in [3.05, 3.63) is 35.1 Å². The minimum Gasteiger partial charge on any atom is -0.337 e. The first kappa shape index (κ1) is 17.7. The van der Waals surface area contributed by atoms with Crippen LogP contribution in [0.15, 0.2) is 24.5 Å². The molecule has 0 spiro atoms. The van der Waals surface area contributed by atoms with Gasteiger partial charge in [-0.2, -0.15) is 0 Å². The van der Waals surface area contributed by atoms with Crippen LogP contribution >= 0.6 is 11.6 Å². The van der Waals surface area contributed by atoms with Gasteiger partial charge in [-0.1, -0.05) is 24.6 Å². The number of carbonyl (C=O) groups excluding carboxylic acids is 1. The summed E-state index contributed by atoms with van der Waals surface area (Å²) in [6, 6.07) is 1.90. The Morgan fingerprint density at radius 1 is 1.22 bits per heavy atom. The van der Waals surface area contributed by atoms with Crippen molar-refractivity contribution in [2.75, 3.05) is 6.54 Å². The van der Waals surface area contributed by atoms with E-state index in [1.165, 1.54) is 31.3 Å². The highest BCUT2D eigenvalue weighted by Gasteiger charge is 2.58. The second kappa shape index (κ2) is 6.07.